The van der Waals surface area contributed by atoms with Crippen molar-refractivity contribution in [3.05, 3.63) is 82.1 Å². The molecule has 37 heavy (non-hydrogen) atoms. The summed E-state index contributed by atoms with van der Waals surface area (Å²) in [5, 5.41) is 13.3. The second-order valence-electron chi connectivity index (χ2n) is 7.59. The number of carbonyl (C=O) groups excluding carboxylic acids is 2. The van der Waals surface area contributed by atoms with Crippen LogP contribution in [0.2, 0.25) is 5.02 Å². The number of ether oxygens (including phenoxy) is 1. The van der Waals surface area contributed by atoms with E-state index in [1.54, 1.807) is 6.92 Å². The van der Waals surface area contributed by atoms with Gasteiger partial charge in [0.15, 0.2) is 5.71 Å². The first-order valence-corrected chi connectivity index (χ1v) is 11.0. The van der Waals surface area contributed by atoms with E-state index in [9.17, 15) is 32.7 Å². The van der Waals surface area contributed by atoms with E-state index in [0.717, 1.165) is 6.08 Å². The van der Waals surface area contributed by atoms with Crippen LogP contribution in [0.5, 0.6) is 0 Å². The maximum absolute atomic E-state index is 13.8. The third-order valence-corrected chi connectivity index (χ3v) is 5.47. The lowest BCUT2D eigenvalue weighted by Gasteiger charge is -2.12. The predicted molar refractivity (Wildman–Crippen MR) is 127 cm³/mol. The van der Waals surface area contributed by atoms with E-state index in [1.807, 2.05) is 0 Å². The van der Waals surface area contributed by atoms with Crippen molar-refractivity contribution in [2.45, 2.75) is 13.1 Å². The summed E-state index contributed by atoms with van der Waals surface area (Å²) in [5.41, 5.74) is -2.13. The molecule has 0 spiro atoms. The second kappa shape index (κ2) is 9.94. The van der Waals surface area contributed by atoms with Crippen molar-refractivity contribution >= 4 is 46.9 Å². The number of halogens is 4. The molecule has 3 aromatic rings. The standard InChI is InChI=1S/C25H16ClF3N2O6/c1-2-36-24(35)14-4-3-5-15(10-14)31-22(32)18(21(30-31)25(27,28)29)12-16-7-9-20(37-16)13-6-8-19(26)17(11-13)23(33)34/h3-12H,2H2,1H3,(H,33,34). The highest BCUT2D eigenvalue weighted by Gasteiger charge is 2.47. The Morgan fingerprint density at radius 1 is 1.16 bits per heavy atom. The molecule has 190 valence electrons. The first kappa shape index (κ1) is 25.7. The number of hydrogen-bond acceptors (Lipinski definition) is 6. The van der Waals surface area contributed by atoms with Gasteiger partial charge in [-0.2, -0.15) is 23.3 Å². The van der Waals surface area contributed by atoms with Crippen molar-refractivity contribution in [3.63, 3.8) is 0 Å². The topological polar surface area (TPSA) is 109 Å². The van der Waals surface area contributed by atoms with E-state index in [2.05, 4.69) is 5.10 Å². The Balaban J connectivity index is 1.70. The lowest BCUT2D eigenvalue weighted by Crippen LogP contribution is -2.25. The molecule has 0 saturated heterocycles. The van der Waals surface area contributed by atoms with E-state index in [4.69, 9.17) is 20.8 Å². The fourth-order valence-corrected chi connectivity index (χ4v) is 3.68. The molecule has 0 unspecified atom stereocenters. The summed E-state index contributed by atoms with van der Waals surface area (Å²) in [5.74, 6) is -3.03. The summed E-state index contributed by atoms with van der Waals surface area (Å²) in [6, 6.07) is 12.1. The smallest absolute Gasteiger partial charge is 0.435 e. The van der Waals surface area contributed by atoms with Crippen LogP contribution in [0.3, 0.4) is 0 Å². The lowest BCUT2D eigenvalue weighted by molar-refractivity contribution is -0.114. The lowest BCUT2D eigenvalue weighted by atomic mass is 10.1. The number of nitrogens with zero attached hydrogens (tertiary/aromatic N) is 2. The number of hydrogen-bond donors (Lipinski definition) is 1. The molecule has 1 aromatic heterocycles. The summed E-state index contributed by atoms with van der Waals surface area (Å²) < 4.78 is 51.8. The summed E-state index contributed by atoms with van der Waals surface area (Å²) in [6.45, 7) is 1.69. The molecule has 12 heteroatoms. The van der Waals surface area contributed by atoms with Gasteiger partial charge in [0.05, 0.1) is 34.0 Å². The number of amides is 1. The molecule has 1 N–H and O–H groups in total. The van der Waals surface area contributed by atoms with Crippen LogP contribution in [0.4, 0.5) is 18.9 Å². The zero-order valence-electron chi connectivity index (χ0n) is 18.9. The van der Waals surface area contributed by atoms with Crippen LogP contribution in [0.15, 0.2) is 69.7 Å². The van der Waals surface area contributed by atoms with Crippen molar-refractivity contribution in [2.75, 3.05) is 11.6 Å². The molecule has 0 aliphatic carbocycles. The molecule has 0 atom stereocenters. The van der Waals surface area contributed by atoms with E-state index in [0.29, 0.717) is 10.6 Å². The largest absolute Gasteiger partial charge is 0.478 e. The van der Waals surface area contributed by atoms with E-state index in [1.165, 1.54) is 54.6 Å². The number of hydrazone groups is 1. The van der Waals surface area contributed by atoms with E-state index in [-0.39, 0.29) is 40.0 Å². The van der Waals surface area contributed by atoms with Crippen molar-refractivity contribution in [1.82, 2.24) is 0 Å². The fourth-order valence-electron chi connectivity index (χ4n) is 3.48. The average Bonchev–Trinajstić information content (AvgIpc) is 3.44. The Bertz CT molecular complexity index is 1480. The number of benzene rings is 2. The Morgan fingerprint density at radius 3 is 2.59 bits per heavy atom. The number of alkyl halides is 3. The van der Waals surface area contributed by atoms with Gasteiger partial charge in [0.2, 0.25) is 0 Å². The highest BCUT2D eigenvalue weighted by molar-refractivity contribution is 6.34. The third kappa shape index (κ3) is 5.26. The number of carboxylic acids is 1. The van der Waals surface area contributed by atoms with Crippen molar-refractivity contribution in [3.8, 4) is 11.3 Å². The van der Waals surface area contributed by atoms with Gasteiger partial charge in [-0.05, 0) is 61.5 Å². The SMILES string of the molecule is CCOC(=O)c1cccc(N2N=C(C(F)(F)F)C(=Cc3ccc(-c4ccc(Cl)c(C(=O)O)c4)o3)C2=O)c1. The highest BCUT2D eigenvalue weighted by Crippen LogP contribution is 2.34. The van der Waals surface area contributed by atoms with Crippen LogP contribution >= 0.6 is 11.6 Å². The highest BCUT2D eigenvalue weighted by atomic mass is 35.5. The summed E-state index contributed by atoms with van der Waals surface area (Å²) in [4.78, 5) is 36.4. The first-order chi connectivity index (χ1) is 17.5. The quantitative estimate of drug-likeness (QED) is 0.316. The molecule has 0 saturated carbocycles. The minimum Gasteiger partial charge on any atom is -0.478 e. The van der Waals surface area contributed by atoms with Crippen LogP contribution in [0.25, 0.3) is 17.4 Å². The van der Waals surface area contributed by atoms with Gasteiger partial charge in [-0.3, -0.25) is 4.79 Å². The number of esters is 1. The predicted octanol–water partition coefficient (Wildman–Crippen LogP) is 5.82. The van der Waals surface area contributed by atoms with Gasteiger partial charge in [-0.1, -0.05) is 17.7 Å². The Labute approximate surface area is 212 Å². The number of anilines is 1. The molecular formula is C25H16ClF3N2O6. The number of rotatable bonds is 6. The van der Waals surface area contributed by atoms with Gasteiger partial charge >= 0.3 is 18.1 Å². The Hall–Kier alpha value is -4.38. The average molecular weight is 533 g/mol. The zero-order chi connectivity index (χ0) is 26.9. The van der Waals surface area contributed by atoms with E-state index >= 15 is 0 Å². The number of aromatic carboxylic acids is 1. The van der Waals surface area contributed by atoms with Crippen molar-refractivity contribution in [2.24, 2.45) is 5.10 Å². The molecule has 4 rings (SSSR count). The monoisotopic (exact) mass is 532 g/mol. The maximum atomic E-state index is 13.8. The molecule has 0 bridgehead atoms. The summed E-state index contributed by atoms with van der Waals surface area (Å²) in [6.07, 6.45) is -4.08. The minimum atomic E-state index is -4.98. The van der Waals surface area contributed by atoms with Gasteiger partial charge in [0.1, 0.15) is 11.5 Å². The van der Waals surface area contributed by atoms with E-state index < -0.39 is 35.3 Å². The van der Waals surface area contributed by atoms with Gasteiger partial charge < -0.3 is 14.3 Å². The van der Waals surface area contributed by atoms with Crippen molar-refractivity contribution in [1.29, 1.82) is 0 Å². The third-order valence-electron chi connectivity index (χ3n) is 5.14. The molecule has 1 aliphatic heterocycles. The van der Waals surface area contributed by atoms with Crippen LogP contribution in [0.1, 0.15) is 33.4 Å². The summed E-state index contributed by atoms with van der Waals surface area (Å²) >= 11 is 5.87. The first-order valence-electron chi connectivity index (χ1n) is 10.6. The van der Waals surface area contributed by atoms with Crippen LogP contribution in [-0.4, -0.2) is 41.4 Å². The van der Waals surface area contributed by atoms with Crippen LogP contribution in [-0.2, 0) is 9.53 Å². The second-order valence-corrected chi connectivity index (χ2v) is 8.00. The van der Waals surface area contributed by atoms with Gasteiger partial charge in [-0.15, -0.1) is 0 Å². The molecule has 2 aromatic carbocycles. The number of furan rings is 1. The van der Waals surface area contributed by atoms with Crippen LogP contribution in [0, 0.1) is 0 Å². The molecule has 1 amide bonds. The fraction of sp³-hybridized carbons (Fsp3) is 0.120. The molecule has 0 radical (unpaired) electrons. The number of carbonyl (C=O) groups is 3. The normalized spacial score (nSPS) is 14.7. The molecule has 0 fully saturated rings. The van der Waals surface area contributed by atoms with Gasteiger partial charge in [0, 0.05) is 5.56 Å². The molecule has 8 nitrogen and oxygen atoms in total. The van der Waals surface area contributed by atoms with Gasteiger partial charge in [-0.25, -0.2) is 9.59 Å². The Morgan fingerprint density at radius 2 is 1.92 bits per heavy atom. The summed E-state index contributed by atoms with van der Waals surface area (Å²) in [7, 11) is 0. The van der Waals surface area contributed by atoms with Crippen LogP contribution < -0.4 is 5.01 Å². The van der Waals surface area contributed by atoms with Crippen molar-refractivity contribution < 1.29 is 41.8 Å². The Kier molecular flexibility index (Phi) is 6.90. The zero-order valence-corrected chi connectivity index (χ0v) is 19.6. The number of carboxylic acid groups (broad SMARTS) is 1. The molecule has 1 aliphatic rings. The van der Waals surface area contributed by atoms with Gasteiger partial charge in [0.25, 0.3) is 5.91 Å². The minimum absolute atomic E-state index is 0.000141. The maximum Gasteiger partial charge on any atom is 0.435 e. The molecule has 2 heterocycles. The molecular weight excluding hydrogens is 517 g/mol.